The Hall–Kier alpha value is -1.83. The van der Waals surface area contributed by atoms with E-state index in [9.17, 15) is 9.90 Å². The monoisotopic (exact) mass is 228 g/mol. The van der Waals surface area contributed by atoms with Gasteiger partial charge >= 0.3 is 0 Å². The number of hydrogen-bond donors (Lipinski definition) is 1. The van der Waals surface area contributed by atoms with E-state index >= 15 is 0 Å². The summed E-state index contributed by atoms with van der Waals surface area (Å²) < 4.78 is 0. The minimum absolute atomic E-state index is 0.0812. The van der Waals surface area contributed by atoms with E-state index in [0.29, 0.717) is 0 Å². The number of hydrogen-bond acceptors (Lipinski definition) is 2. The summed E-state index contributed by atoms with van der Waals surface area (Å²) in [7, 11) is 0. The molecule has 0 unspecified atom stereocenters. The molecular weight excluding hydrogens is 212 g/mol. The third kappa shape index (κ3) is 3.06. The van der Waals surface area contributed by atoms with E-state index in [0.717, 1.165) is 36.8 Å². The number of ketones is 1. The predicted octanol–water partition coefficient (Wildman–Crippen LogP) is 3.55. The number of carbonyl (C=O) groups excluding carboxylic acids is 1. The van der Waals surface area contributed by atoms with E-state index in [1.807, 2.05) is 36.5 Å². The summed E-state index contributed by atoms with van der Waals surface area (Å²) in [6.45, 7) is 0. The molecule has 2 nitrogen and oxygen atoms in total. The van der Waals surface area contributed by atoms with Crippen LogP contribution in [0.2, 0.25) is 0 Å². The second kappa shape index (κ2) is 5.48. The molecule has 2 heteroatoms. The van der Waals surface area contributed by atoms with Gasteiger partial charge in [-0.3, -0.25) is 4.79 Å². The first-order chi connectivity index (χ1) is 8.27. The van der Waals surface area contributed by atoms with Crippen molar-refractivity contribution in [1.82, 2.24) is 0 Å². The van der Waals surface area contributed by atoms with Crippen molar-refractivity contribution in [1.29, 1.82) is 0 Å². The van der Waals surface area contributed by atoms with Gasteiger partial charge in [-0.25, -0.2) is 0 Å². The molecule has 0 aliphatic heterocycles. The summed E-state index contributed by atoms with van der Waals surface area (Å²) in [5.41, 5.74) is 1.61. The zero-order chi connectivity index (χ0) is 12.1. The highest BCUT2D eigenvalue weighted by Crippen LogP contribution is 2.20. The highest BCUT2D eigenvalue weighted by Gasteiger charge is 2.11. The topological polar surface area (TPSA) is 37.3 Å². The van der Waals surface area contributed by atoms with Crippen molar-refractivity contribution in [3.8, 4) is 0 Å². The minimum atomic E-state index is -0.0812. The second-order valence-corrected chi connectivity index (χ2v) is 4.21. The van der Waals surface area contributed by atoms with E-state index in [-0.39, 0.29) is 11.5 Å². The molecule has 17 heavy (non-hydrogen) atoms. The zero-order valence-corrected chi connectivity index (χ0v) is 9.73. The highest BCUT2D eigenvalue weighted by molar-refractivity contribution is 6.04. The molecule has 2 aliphatic carbocycles. The Balaban J connectivity index is 2.10. The normalized spacial score (nSPS) is 19.9. The maximum atomic E-state index is 11.9. The van der Waals surface area contributed by atoms with Crippen molar-refractivity contribution < 1.29 is 9.90 Å². The largest absolute Gasteiger partial charge is 0.508 e. The molecule has 2 rings (SSSR count). The van der Waals surface area contributed by atoms with E-state index in [1.165, 1.54) is 6.08 Å². The second-order valence-electron chi connectivity index (χ2n) is 4.21. The molecule has 0 aromatic rings. The molecule has 0 heterocycles. The van der Waals surface area contributed by atoms with Gasteiger partial charge in [-0.1, -0.05) is 36.5 Å². The molecule has 1 N–H and O–H groups in total. The van der Waals surface area contributed by atoms with E-state index in [2.05, 4.69) is 0 Å². The fraction of sp³-hybridized carbons (Fsp3) is 0.267. The maximum absolute atomic E-state index is 11.9. The third-order valence-electron chi connectivity index (χ3n) is 2.94. The van der Waals surface area contributed by atoms with Gasteiger partial charge in [0, 0.05) is 6.08 Å². The molecule has 88 valence electrons. The molecule has 0 bridgehead atoms. The van der Waals surface area contributed by atoms with Gasteiger partial charge in [-0.15, -0.1) is 0 Å². The molecule has 0 aromatic heterocycles. The van der Waals surface area contributed by atoms with Crippen LogP contribution in [0, 0.1) is 0 Å². The van der Waals surface area contributed by atoms with Gasteiger partial charge in [-0.05, 0) is 36.8 Å². The fourth-order valence-electron chi connectivity index (χ4n) is 1.93. The van der Waals surface area contributed by atoms with Crippen molar-refractivity contribution in [2.75, 3.05) is 0 Å². The van der Waals surface area contributed by atoms with Crippen LogP contribution in [0.3, 0.4) is 0 Å². The zero-order valence-electron chi connectivity index (χ0n) is 9.73. The average Bonchev–Trinajstić information content (AvgIpc) is 2.40. The number of rotatable bonds is 3. The summed E-state index contributed by atoms with van der Waals surface area (Å²) >= 11 is 0. The third-order valence-corrected chi connectivity index (χ3v) is 2.94. The molecule has 0 saturated carbocycles. The van der Waals surface area contributed by atoms with Gasteiger partial charge in [0.05, 0.1) is 0 Å². The van der Waals surface area contributed by atoms with E-state index in [4.69, 9.17) is 0 Å². The Morgan fingerprint density at radius 1 is 1.06 bits per heavy atom. The highest BCUT2D eigenvalue weighted by atomic mass is 16.3. The van der Waals surface area contributed by atoms with Gasteiger partial charge in [0.1, 0.15) is 5.76 Å². The molecule has 2 aliphatic rings. The van der Waals surface area contributed by atoms with Crippen LogP contribution in [-0.2, 0) is 4.79 Å². The lowest BCUT2D eigenvalue weighted by Crippen LogP contribution is -2.03. The van der Waals surface area contributed by atoms with Gasteiger partial charge in [0.15, 0.2) is 5.78 Å². The predicted molar refractivity (Wildman–Crippen MR) is 68.6 cm³/mol. The Bertz CT molecular complexity index is 459. The lowest BCUT2D eigenvalue weighted by atomic mass is 9.98. The maximum Gasteiger partial charge on any atom is 0.185 e. The van der Waals surface area contributed by atoms with Crippen LogP contribution in [0.25, 0.3) is 0 Å². The van der Waals surface area contributed by atoms with Crippen molar-refractivity contribution in [3.63, 3.8) is 0 Å². The van der Waals surface area contributed by atoms with Gasteiger partial charge in [0.2, 0.25) is 0 Å². The number of allylic oxidation sites excluding steroid dienone is 9. The molecular formula is C15H16O2. The van der Waals surface area contributed by atoms with Gasteiger partial charge in [-0.2, -0.15) is 0 Å². The van der Waals surface area contributed by atoms with Crippen molar-refractivity contribution in [2.24, 2.45) is 0 Å². The smallest absolute Gasteiger partial charge is 0.185 e. The Kier molecular flexibility index (Phi) is 3.76. The van der Waals surface area contributed by atoms with E-state index in [1.54, 1.807) is 0 Å². The van der Waals surface area contributed by atoms with Crippen LogP contribution >= 0.6 is 0 Å². The summed E-state index contributed by atoms with van der Waals surface area (Å²) in [6, 6.07) is 0. The first kappa shape index (κ1) is 11.6. The standard InChI is InChI=1S/C15H16O2/c16-14(12-7-3-1-4-8-12)11-15(17)13-9-5-2-6-10-13/h1-3,5,7,9,11,16H,4,6,8,10H2/b14-11-. The quantitative estimate of drug-likeness (QED) is 0.592. The molecule has 0 fully saturated rings. The van der Waals surface area contributed by atoms with Crippen molar-refractivity contribution in [3.05, 3.63) is 59.4 Å². The molecule has 0 atom stereocenters. The lowest BCUT2D eigenvalue weighted by Gasteiger charge is -2.09. The van der Waals surface area contributed by atoms with Gasteiger partial charge < -0.3 is 5.11 Å². The van der Waals surface area contributed by atoms with Gasteiger partial charge in [0.25, 0.3) is 0 Å². The Labute approximate surface area is 101 Å². The molecule has 0 spiro atoms. The van der Waals surface area contributed by atoms with Crippen LogP contribution in [0.1, 0.15) is 25.7 Å². The summed E-state index contributed by atoms with van der Waals surface area (Å²) in [6.07, 6.45) is 16.3. The van der Waals surface area contributed by atoms with Crippen LogP contribution < -0.4 is 0 Å². The Morgan fingerprint density at radius 2 is 1.65 bits per heavy atom. The van der Waals surface area contributed by atoms with Crippen molar-refractivity contribution in [2.45, 2.75) is 25.7 Å². The molecule has 0 aromatic carbocycles. The number of carbonyl (C=O) groups is 1. The SMILES string of the molecule is O=C(/C=C(\O)C1=CC=CCC1)C1=CC=CCC1. The number of aliphatic hydroxyl groups is 1. The average molecular weight is 228 g/mol. The van der Waals surface area contributed by atoms with E-state index < -0.39 is 0 Å². The summed E-state index contributed by atoms with van der Waals surface area (Å²) in [5.74, 6) is 0.0251. The molecule has 0 amide bonds. The first-order valence-electron chi connectivity index (χ1n) is 5.94. The van der Waals surface area contributed by atoms with Crippen molar-refractivity contribution >= 4 is 5.78 Å². The first-order valence-corrected chi connectivity index (χ1v) is 5.94. The van der Waals surface area contributed by atoms with Crippen LogP contribution in [-0.4, -0.2) is 10.9 Å². The lowest BCUT2D eigenvalue weighted by molar-refractivity contribution is -0.111. The summed E-state index contributed by atoms with van der Waals surface area (Å²) in [5, 5.41) is 9.87. The summed E-state index contributed by atoms with van der Waals surface area (Å²) in [4.78, 5) is 11.9. The Morgan fingerprint density at radius 3 is 2.18 bits per heavy atom. The number of aliphatic hydroxyl groups excluding tert-OH is 1. The minimum Gasteiger partial charge on any atom is -0.508 e. The van der Waals surface area contributed by atoms with Crippen LogP contribution in [0.4, 0.5) is 0 Å². The molecule has 0 saturated heterocycles. The van der Waals surface area contributed by atoms with Crippen LogP contribution in [0.15, 0.2) is 59.4 Å². The molecule has 0 radical (unpaired) electrons. The van der Waals surface area contributed by atoms with Crippen LogP contribution in [0.5, 0.6) is 0 Å². The fourth-order valence-corrected chi connectivity index (χ4v) is 1.93.